The van der Waals surface area contributed by atoms with Crippen LogP contribution in [0.25, 0.3) is 0 Å². The van der Waals surface area contributed by atoms with Gasteiger partial charge in [0.1, 0.15) is 5.82 Å². The summed E-state index contributed by atoms with van der Waals surface area (Å²) < 4.78 is 0. The highest BCUT2D eigenvalue weighted by atomic mass is 15.1. The molecule has 0 unspecified atom stereocenters. The van der Waals surface area contributed by atoms with Crippen LogP contribution < -0.4 is 11.1 Å². The Hall–Kier alpha value is -1.36. The number of aryl methyl sites for hydroxylation is 1. The number of hydrogen-bond donors (Lipinski definition) is 2. The van der Waals surface area contributed by atoms with Crippen molar-refractivity contribution in [3.63, 3.8) is 0 Å². The van der Waals surface area contributed by atoms with Crippen molar-refractivity contribution in [3.05, 3.63) is 11.8 Å². The van der Waals surface area contributed by atoms with Crippen molar-refractivity contribution in [2.24, 2.45) is 0 Å². The molecule has 0 aromatic carbocycles. The van der Waals surface area contributed by atoms with Crippen LogP contribution in [-0.4, -0.2) is 42.1 Å². The van der Waals surface area contributed by atoms with Crippen LogP contribution in [0.2, 0.25) is 0 Å². The first kappa shape index (κ1) is 10.7. The molecule has 0 radical (unpaired) electrons. The fraction of sp³-hybridized carbons (Fsp3) is 0.556. The number of nitrogens with zero attached hydrogens (tertiary/aromatic N) is 3. The van der Waals surface area contributed by atoms with Crippen LogP contribution in [-0.2, 0) is 0 Å². The van der Waals surface area contributed by atoms with Crippen LogP contribution in [0.3, 0.4) is 0 Å². The monoisotopic (exact) mass is 195 g/mol. The Bertz CT molecular complexity index is 277. The molecule has 5 heteroatoms. The highest BCUT2D eigenvalue weighted by Gasteiger charge is 1.98. The van der Waals surface area contributed by atoms with Gasteiger partial charge in [0.15, 0.2) is 0 Å². The average molecular weight is 195 g/mol. The van der Waals surface area contributed by atoms with E-state index in [1.54, 1.807) is 0 Å². The van der Waals surface area contributed by atoms with E-state index < -0.39 is 0 Å². The third-order valence-corrected chi connectivity index (χ3v) is 1.74. The van der Waals surface area contributed by atoms with Gasteiger partial charge in [-0.2, -0.15) is 4.98 Å². The van der Waals surface area contributed by atoms with E-state index >= 15 is 0 Å². The molecule has 1 heterocycles. The van der Waals surface area contributed by atoms with Gasteiger partial charge in [0.2, 0.25) is 5.95 Å². The molecule has 0 aliphatic carbocycles. The fourth-order valence-corrected chi connectivity index (χ4v) is 1.09. The number of nitrogen functional groups attached to an aromatic ring is 1. The van der Waals surface area contributed by atoms with Gasteiger partial charge in [0.05, 0.1) is 0 Å². The highest BCUT2D eigenvalue weighted by molar-refractivity contribution is 5.40. The molecule has 0 spiro atoms. The summed E-state index contributed by atoms with van der Waals surface area (Å²) in [6.07, 6.45) is 0. The van der Waals surface area contributed by atoms with Crippen molar-refractivity contribution in [1.82, 2.24) is 14.9 Å². The van der Waals surface area contributed by atoms with E-state index in [-0.39, 0.29) is 0 Å². The summed E-state index contributed by atoms with van der Waals surface area (Å²) in [4.78, 5) is 10.2. The lowest BCUT2D eigenvalue weighted by atomic mass is 10.4. The molecule has 0 aliphatic heterocycles. The Morgan fingerprint density at radius 3 is 2.71 bits per heavy atom. The molecule has 1 rings (SSSR count). The summed E-state index contributed by atoms with van der Waals surface area (Å²) in [7, 11) is 4.06. The molecule has 0 aliphatic rings. The number of likely N-dealkylation sites (N-methyl/N-ethyl adjacent to an activating group) is 1. The lowest BCUT2D eigenvalue weighted by molar-refractivity contribution is 0.425. The number of hydrogen-bond acceptors (Lipinski definition) is 5. The third kappa shape index (κ3) is 3.57. The van der Waals surface area contributed by atoms with E-state index in [4.69, 9.17) is 5.73 Å². The quantitative estimate of drug-likeness (QED) is 0.725. The summed E-state index contributed by atoms with van der Waals surface area (Å²) in [6, 6.07) is 1.88. The normalized spacial score (nSPS) is 10.6. The maximum absolute atomic E-state index is 5.52. The molecule has 0 amide bonds. The van der Waals surface area contributed by atoms with E-state index in [1.165, 1.54) is 0 Å². The van der Waals surface area contributed by atoms with Crippen molar-refractivity contribution in [1.29, 1.82) is 0 Å². The summed E-state index contributed by atoms with van der Waals surface area (Å²) >= 11 is 0. The molecular formula is C9H17N5. The molecule has 5 nitrogen and oxygen atoms in total. The molecule has 0 fully saturated rings. The van der Waals surface area contributed by atoms with Crippen molar-refractivity contribution < 1.29 is 0 Å². The number of nitrogens with two attached hydrogens (primary N) is 1. The second kappa shape index (κ2) is 4.76. The highest BCUT2D eigenvalue weighted by Crippen LogP contribution is 2.06. The standard InChI is InChI=1S/C9H17N5/c1-7-6-8(13-9(10)12-7)11-4-5-14(2)3/h6H,4-5H2,1-3H3,(H3,10,11,12,13). The maximum Gasteiger partial charge on any atom is 0.222 e. The molecule has 0 atom stereocenters. The van der Waals surface area contributed by atoms with Gasteiger partial charge in [0.25, 0.3) is 0 Å². The first-order valence-electron chi connectivity index (χ1n) is 4.57. The lowest BCUT2D eigenvalue weighted by Gasteiger charge is -2.11. The SMILES string of the molecule is Cc1cc(NCCN(C)C)nc(N)n1. The number of aromatic nitrogens is 2. The zero-order valence-corrected chi connectivity index (χ0v) is 8.91. The van der Waals surface area contributed by atoms with E-state index in [9.17, 15) is 0 Å². The fourth-order valence-electron chi connectivity index (χ4n) is 1.09. The van der Waals surface area contributed by atoms with Crippen molar-refractivity contribution in [2.75, 3.05) is 38.2 Å². The Labute approximate surface area is 84.3 Å². The van der Waals surface area contributed by atoms with Crippen LogP contribution in [0.15, 0.2) is 6.07 Å². The van der Waals surface area contributed by atoms with Gasteiger partial charge in [-0.05, 0) is 21.0 Å². The predicted molar refractivity (Wildman–Crippen MR) is 58.2 cm³/mol. The molecule has 1 aromatic rings. The molecule has 3 N–H and O–H groups in total. The van der Waals surface area contributed by atoms with Crippen molar-refractivity contribution in [2.45, 2.75) is 6.92 Å². The average Bonchev–Trinajstić information content (AvgIpc) is 2.01. The second-order valence-electron chi connectivity index (χ2n) is 3.48. The van der Waals surface area contributed by atoms with E-state index in [0.29, 0.717) is 5.95 Å². The van der Waals surface area contributed by atoms with Crippen LogP contribution >= 0.6 is 0 Å². The van der Waals surface area contributed by atoms with Gasteiger partial charge < -0.3 is 16.0 Å². The molecule has 78 valence electrons. The maximum atomic E-state index is 5.52. The molecule has 14 heavy (non-hydrogen) atoms. The van der Waals surface area contributed by atoms with Crippen LogP contribution in [0.5, 0.6) is 0 Å². The zero-order chi connectivity index (χ0) is 10.6. The molecule has 0 saturated carbocycles. The molecular weight excluding hydrogens is 178 g/mol. The number of anilines is 2. The van der Waals surface area contributed by atoms with Crippen LogP contribution in [0.1, 0.15) is 5.69 Å². The second-order valence-corrected chi connectivity index (χ2v) is 3.48. The van der Waals surface area contributed by atoms with Gasteiger partial charge in [-0.3, -0.25) is 0 Å². The number of rotatable bonds is 4. The molecule has 0 saturated heterocycles. The van der Waals surface area contributed by atoms with Gasteiger partial charge in [0, 0.05) is 24.8 Å². The Kier molecular flexibility index (Phi) is 3.64. The number of nitrogens with one attached hydrogen (secondary N) is 1. The summed E-state index contributed by atoms with van der Waals surface area (Å²) in [5, 5.41) is 3.18. The van der Waals surface area contributed by atoms with E-state index in [1.807, 2.05) is 27.1 Å². The van der Waals surface area contributed by atoms with E-state index in [2.05, 4.69) is 20.2 Å². The summed E-state index contributed by atoms with van der Waals surface area (Å²) in [5.41, 5.74) is 6.40. The Morgan fingerprint density at radius 1 is 1.43 bits per heavy atom. The van der Waals surface area contributed by atoms with E-state index in [0.717, 1.165) is 24.6 Å². The van der Waals surface area contributed by atoms with Gasteiger partial charge in [-0.1, -0.05) is 0 Å². The molecule has 0 bridgehead atoms. The Morgan fingerprint density at radius 2 is 2.14 bits per heavy atom. The first-order valence-corrected chi connectivity index (χ1v) is 4.57. The van der Waals surface area contributed by atoms with Gasteiger partial charge in [-0.15, -0.1) is 0 Å². The van der Waals surface area contributed by atoms with Gasteiger partial charge in [-0.25, -0.2) is 4.98 Å². The first-order chi connectivity index (χ1) is 6.58. The Balaban J connectivity index is 2.50. The predicted octanol–water partition coefficient (Wildman–Crippen LogP) is 0.341. The summed E-state index contributed by atoms with van der Waals surface area (Å²) in [6.45, 7) is 3.71. The minimum Gasteiger partial charge on any atom is -0.369 e. The zero-order valence-electron chi connectivity index (χ0n) is 8.91. The van der Waals surface area contributed by atoms with Crippen LogP contribution in [0, 0.1) is 6.92 Å². The topological polar surface area (TPSA) is 67.1 Å². The largest absolute Gasteiger partial charge is 0.369 e. The smallest absolute Gasteiger partial charge is 0.222 e. The van der Waals surface area contributed by atoms with Crippen molar-refractivity contribution >= 4 is 11.8 Å². The lowest BCUT2D eigenvalue weighted by Crippen LogP contribution is -2.21. The minimum absolute atomic E-state index is 0.317. The summed E-state index contributed by atoms with van der Waals surface area (Å²) in [5.74, 6) is 1.11. The van der Waals surface area contributed by atoms with Crippen molar-refractivity contribution in [3.8, 4) is 0 Å². The third-order valence-electron chi connectivity index (χ3n) is 1.74. The van der Waals surface area contributed by atoms with Gasteiger partial charge >= 0.3 is 0 Å². The molecule has 1 aromatic heterocycles. The van der Waals surface area contributed by atoms with Crippen LogP contribution in [0.4, 0.5) is 11.8 Å². The minimum atomic E-state index is 0.317.